The van der Waals surface area contributed by atoms with E-state index in [0.717, 1.165) is 33.4 Å². The average Bonchev–Trinajstić information content (AvgIpc) is 3.02. The number of nitrogens with one attached hydrogen (secondary N) is 1. The summed E-state index contributed by atoms with van der Waals surface area (Å²) in [6.45, 7) is 5.56. The first-order chi connectivity index (χ1) is 12.8. The highest BCUT2D eigenvalue weighted by molar-refractivity contribution is 7.10. The third-order valence-corrected chi connectivity index (χ3v) is 5.49. The van der Waals surface area contributed by atoms with Crippen molar-refractivity contribution in [1.29, 1.82) is 0 Å². The van der Waals surface area contributed by atoms with E-state index in [2.05, 4.69) is 9.69 Å². The molecule has 0 aliphatic rings. The van der Waals surface area contributed by atoms with Gasteiger partial charge in [0.15, 0.2) is 0 Å². The normalized spacial score (nSPS) is 11.2. The van der Waals surface area contributed by atoms with Crippen molar-refractivity contribution in [2.75, 3.05) is 5.32 Å². The van der Waals surface area contributed by atoms with Crippen LogP contribution >= 0.6 is 11.5 Å². The van der Waals surface area contributed by atoms with Crippen LogP contribution in [0.15, 0.2) is 48.5 Å². The van der Waals surface area contributed by atoms with Crippen LogP contribution < -0.4 is 5.32 Å². The summed E-state index contributed by atoms with van der Waals surface area (Å²) in [5.41, 5.74) is 4.67. The maximum Gasteiger partial charge on any atom is 0.409 e. The number of amides is 1. The number of anilines is 1. The van der Waals surface area contributed by atoms with Crippen LogP contribution in [0, 0.1) is 6.92 Å². The minimum atomic E-state index is -1.10. The molecule has 1 amide bonds. The van der Waals surface area contributed by atoms with E-state index in [1.165, 1.54) is 11.5 Å². The number of carbonyl (C=O) groups is 2. The van der Waals surface area contributed by atoms with E-state index in [1.807, 2.05) is 62.4 Å². The standard InChI is InChI=1S/C21H20N2O3S/c1-13-18(22-20(25)26)19(27-23-13)16-6-4-14(5-7-16)15-8-10-17(11-9-15)21(2,3)12-24/h4-12,22H,1-3H3,(H,25,26). The molecule has 6 heteroatoms. The predicted octanol–water partition coefficient (Wildman–Crippen LogP) is 5.35. The van der Waals surface area contributed by atoms with Gasteiger partial charge in [-0.25, -0.2) is 4.79 Å². The summed E-state index contributed by atoms with van der Waals surface area (Å²) in [6, 6.07) is 15.9. The van der Waals surface area contributed by atoms with Gasteiger partial charge >= 0.3 is 6.09 Å². The Morgan fingerprint density at radius 2 is 1.56 bits per heavy atom. The molecular weight excluding hydrogens is 360 g/mol. The highest BCUT2D eigenvalue weighted by Crippen LogP contribution is 2.36. The van der Waals surface area contributed by atoms with Gasteiger partial charge in [-0.3, -0.25) is 5.32 Å². The number of aryl methyl sites for hydroxylation is 1. The molecule has 0 saturated carbocycles. The fourth-order valence-electron chi connectivity index (χ4n) is 2.80. The third kappa shape index (κ3) is 3.90. The van der Waals surface area contributed by atoms with Gasteiger partial charge in [-0.1, -0.05) is 48.5 Å². The molecule has 27 heavy (non-hydrogen) atoms. The molecule has 0 bridgehead atoms. The lowest BCUT2D eigenvalue weighted by Crippen LogP contribution is -2.18. The van der Waals surface area contributed by atoms with Crippen LogP contribution in [0.2, 0.25) is 0 Å². The number of benzene rings is 2. The fraction of sp³-hybridized carbons (Fsp3) is 0.190. The second kappa shape index (κ2) is 7.32. The van der Waals surface area contributed by atoms with Crippen LogP contribution in [-0.4, -0.2) is 21.9 Å². The number of rotatable bonds is 5. The smallest absolute Gasteiger partial charge is 0.409 e. The summed E-state index contributed by atoms with van der Waals surface area (Å²) in [6.07, 6.45) is -0.147. The summed E-state index contributed by atoms with van der Waals surface area (Å²) in [5.74, 6) is 0. The molecule has 3 aromatic rings. The zero-order chi connectivity index (χ0) is 19.6. The third-order valence-electron chi connectivity index (χ3n) is 4.50. The number of aromatic nitrogens is 1. The van der Waals surface area contributed by atoms with Crippen molar-refractivity contribution >= 4 is 29.6 Å². The van der Waals surface area contributed by atoms with Crippen molar-refractivity contribution in [3.8, 4) is 21.6 Å². The second-order valence-corrected chi connectivity index (χ2v) is 7.67. The summed E-state index contributed by atoms with van der Waals surface area (Å²) < 4.78 is 4.25. The van der Waals surface area contributed by atoms with Crippen molar-refractivity contribution in [2.45, 2.75) is 26.2 Å². The Labute approximate surface area is 161 Å². The molecule has 3 rings (SSSR count). The molecule has 5 nitrogen and oxygen atoms in total. The van der Waals surface area contributed by atoms with Gasteiger partial charge in [0.25, 0.3) is 0 Å². The lowest BCUT2D eigenvalue weighted by molar-refractivity contribution is -0.111. The van der Waals surface area contributed by atoms with Crippen molar-refractivity contribution in [3.05, 3.63) is 59.8 Å². The van der Waals surface area contributed by atoms with E-state index in [1.54, 1.807) is 6.92 Å². The summed E-state index contributed by atoms with van der Waals surface area (Å²) in [4.78, 5) is 23.0. The van der Waals surface area contributed by atoms with Crippen molar-refractivity contribution < 1.29 is 14.7 Å². The van der Waals surface area contributed by atoms with Crippen LogP contribution in [0.25, 0.3) is 21.6 Å². The summed E-state index contributed by atoms with van der Waals surface area (Å²) in [7, 11) is 0. The van der Waals surface area contributed by atoms with E-state index >= 15 is 0 Å². The second-order valence-electron chi connectivity index (χ2n) is 6.90. The molecular formula is C21H20N2O3S. The highest BCUT2D eigenvalue weighted by atomic mass is 32.1. The predicted molar refractivity (Wildman–Crippen MR) is 108 cm³/mol. The van der Waals surface area contributed by atoms with Crippen LogP contribution in [0.1, 0.15) is 25.1 Å². The number of hydrogen-bond acceptors (Lipinski definition) is 4. The molecule has 2 N–H and O–H groups in total. The molecule has 0 unspecified atom stereocenters. The maximum absolute atomic E-state index is 11.2. The Hall–Kier alpha value is -2.99. The Morgan fingerprint density at radius 3 is 2.07 bits per heavy atom. The van der Waals surface area contributed by atoms with Gasteiger partial charge in [-0.2, -0.15) is 4.37 Å². The lowest BCUT2D eigenvalue weighted by atomic mass is 9.85. The zero-order valence-electron chi connectivity index (χ0n) is 15.3. The van der Waals surface area contributed by atoms with Gasteiger partial charge in [0.2, 0.25) is 0 Å². The van der Waals surface area contributed by atoms with E-state index in [-0.39, 0.29) is 0 Å². The highest BCUT2D eigenvalue weighted by Gasteiger charge is 2.19. The number of carboxylic acid groups (broad SMARTS) is 1. The lowest BCUT2D eigenvalue weighted by Gasteiger charge is -2.17. The number of hydrogen-bond donors (Lipinski definition) is 2. The molecule has 0 fully saturated rings. The van der Waals surface area contributed by atoms with Crippen LogP contribution in [0.3, 0.4) is 0 Å². The molecule has 0 radical (unpaired) electrons. The number of nitrogens with zero attached hydrogens (tertiary/aromatic N) is 1. The van der Waals surface area contributed by atoms with E-state index in [9.17, 15) is 9.59 Å². The van der Waals surface area contributed by atoms with E-state index < -0.39 is 11.5 Å². The molecule has 0 aliphatic carbocycles. The summed E-state index contributed by atoms with van der Waals surface area (Å²) >= 11 is 1.27. The number of carbonyl (C=O) groups excluding carboxylic acids is 1. The molecule has 0 spiro atoms. The molecule has 0 saturated heterocycles. The van der Waals surface area contributed by atoms with E-state index in [4.69, 9.17) is 5.11 Å². The Morgan fingerprint density at radius 1 is 1.04 bits per heavy atom. The van der Waals surface area contributed by atoms with Gasteiger partial charge in [-0.15, -0.1) is 0 Å². The van der Waals surface area contributed by atoms with Crippen LogP contribution in [0.4, 0.5) is 10.5 Å². The molecule has 138 valence electrons. The topological polar surface area (TPSA) is 79.3 Å². The quantitative estimate of drug-likeness (QED) is 0.585. The Kier molecular flexibility index (Phi) is 5.10. The first kappa shape index (κ1) is 18.8. The number of aldehydes is 1. The average molecular weight is 380 g/mol. The van der Waals surface area contributed by atoms with Gasteiger partial charge in [-0.05, 0) is 54.6 Å². The van der Waals surface area contributed by atoms with E-state index in [0.29, 0.717) is 11.4 Å². The van der Waals surface area contributed by atoms with Crippen LogP contribution in [0.5, 0.6) is 0 Å². The molecule has 2 aromatic carbocycles. The minimum absolute atomic E-state index is 0.500. The first-order valence-electron chi connectivity index (χ1n) is 8.46. The van der Waals surface area contributed by atoms with Crippen molar-refractivity contribution in [1.82, 2.24) is 4.37 Å². The van der Waals surface area contributed by atoms with Gasteiger partial charge < -0.3 is 9.90 Å². The van der Waals surface area contributed by atoms with Crippen molar-refractivity contribution in [3.63, 3.8) is 0 Å². The SMILES string of the molecule is Cc1nsc(-c2ccc(-c3ccc(C(C)(C)C=O)cc3)cc2)c1NC(=O)O. The zero-order valence-corrected chi connectivity index (χ0v) is 16.1. The fourth-order valence-corrected chi connectivity index (χ4v) is 3.65. The van der Waals surface area contributed by atoms with Gasteiger partial charge in [0.1, 0.15) is 6.29 Å². The van der Waals surface area contributed by atoms with Gasteiger partial charge in [0.05, 0.1) is 16.3 Å². The Bertz CT molecular complexity index is 974. The molecule has 0 atom stereocenters. The Balaban J connectivity index is 1.88. The first-order valence-corrected chi connectivity index (χ1v) is 9.23. The van der Waals surface area contributed by atoms with Crippen molar-refractivity contribution in [2.24, 2.45) is 0 Å². The monoisotopic (exact) mass is 380 g/mol. The van der Waals surface area contributed by atoms with Gasteiger partial charge in [0, 0.05) is 5.41 Å². The molecule has 1 aromatic heterocycles. The molecule has 1 heterocycles. The largest absolute Gasteiger partial charge is 0.465 e. The maximum atomic E-state index is 11.2. The van der Waals surface area contributed by atoms with Crippen LogP contribution in [-0.2, 0) is 10.2 Å². The summed E-state index contributed by atoms with van der Waals surface area (Å²) in [5, 5.41) is 11.4. The molecule has 0 aliphatic heterocycles. The minimum Gasteiger partial charge on any atom is -0.465 e.